The molecule has 0 aromatic carbocycles. The Kier molecular flexibility index (Phi) is 3.50. The number of hydrogen-bond donors (Lipinski definition) is 1. The predicted molar refractivity (Wildman–Crippen MR) is 57.2 cm³/mol. The summed E-state index contributed by atoms with van der Waals surface area (Å²) < 4.78 is 0. The van der Waals surface area contributed by atoms with Crippen molar-refractivity contribution in [3.8, 4) is 0 Å². The quantitative estimate of drug-likeness (QED) is 0.474. The Morgan fingerprint density at radius 3 is 2.43 bits per heavy atom. The average Bonchev–Trinajstić information content (AvgIpc) is 2.14. The van der Waals surface area contributed by atoms with Crippen molar-refractivity contribution in [2.75, 3.05) is 27.7 Å². The van der Waals surface area contributed by atoms with E-state index in [1.807, 2.05) is 7.05 Å². The topological polar surface area (TPSA) is 35.6 Å². The first-order valence-electron chi connectivity index (χ1n) is 5.12. The van der Waals surface area contributed by atoms with E-state index in [1.54, 1.807) is 7.05 Å². The molecule has 0 saturated carbocycles. The third-order valence-electron chi connectivity index (χ3n) is 3.34. The van der Waals surface area contributed by atoms with Gasteiger partial charge < -0.3 is 5.32 Å². The minimum absolute atomic E-state index is 0.0267. The summed E-state index contributed by atoms with van der Waals surface area (Å²) in [7, 11) is 5.79. The molecule has 4 heteroatoms. The molecule has 3 atom stereocenters. The molecule has 1 aliphatic heterocycles. The highest BCUT2D eigenvalue weighted by Crippen LogP contribution is 2.18. The number of nitrogens with zero attached hydrogens (tertiary/aromatic N) is 2. The highest BCUT2D eigenvalue weighted by molar-refractivity contribution is 5.82. The predicted octanol–water partition coefficient (Wildman–Crippen LogP) is -0.245. The molecule has 0 aromatic heterocycles. The maximum atomic E-state index is 11.7. The van der Waals surface area contributed by atoms with Gasteiger partial charge in [0.15, 0.2) is 0 Å². The molecule has 4 nitrogen and oxygen atoms in total. The van der Waals surface area contributed by atoms with E-state index in [-0.39, 0.29) is 18.0 Å². The number of carbonyl (C=O) groups is 1. The van der Waals surface area contributed by atoms with Gasteiger partial charge in [-0.25, -0.2) is 0 Å². The Labute approximate surface area is 86.2 Å². The average molecular weight is 205 g/mol. The summed E-state index contributed by atoms with van der Waals surface area (Å²) in [6, 6.07) is 0.751. The molecule has 82 valence electrons. The molecule has 3 unspecified atom stereocenters. The van der Waals surface area contributed by atoms with Crippen LogP contribution in [0.2, 0.25) is 0 Å². The molecule has 1 N–H and O–H groups in total. The van der Waals surface area contributed by atoms with E-state index < -0.39 is 0 Å². The van der Waals surface area contributed by atoms with Crippen LogP contribution in [0.1, 0.15) is 13.8 Å². The monoisotopic (exact) mass is 205 g/mol. The van der Waals surface area contributed by atoms with Crippen LogP contribution in [0.15, 0.2) is 0 Å². The summed E-state index contributed by atoms with van der Waals surface area (Å²) in [5.41, 5.74) is 0. The van der Waals surface area contributed by atoms with Crippen molar-refractivity contribution in [3.63, 3.8) is 0 Å². The number of piperazine rings is 1. The van der Waals surface area contributed by atoms with Gasteiger partial charge in [-0.1, -0.05) is 0 Å². The van der Waals surface area contributed by atoms with Crippen molar-refractivity contribution in [3.05, 3.63) is 0 Å². The molecule has 14 heavy (non-hydrogen) atoms. The van der Waals surface area contributed by atoms with Gasteiger partial charge >= 0.3 is 0 Å². The first-order valence-corrected chi connectivity index (χ1v) is 5.12. The van der Waals surface area contributed by atoms with E-state index in [4.69, 9.17) is 0 Å². The van der Waals surface area contributed by atoms with Gasteiger partial charge in [0.25, 0.3) is 0 Å². The number of amides is 1. The lowest BCUT2D eigenvalue weighted by atomic mass is 10.1. The largest absolute Gasteiger partial charge is 0.358 e. The summed E-state index contributed by atoms with van der Waals surface area (Å²) in [5.74, 6) is 0.110. The summed E-state index contributed by atoms with van der Waals surface area (Å²) in [4.78, 5) is 16.1. The lowest BCUT2D eigenvalue weighted by Gasteiger charge is -2.46. The van der Waals surface area contributed by atoms with Gasteiger partial charge in [-0.3, -0.25) is 14.6 Å². The van der Waals surface area contributed by atoms with Crippen molar-refractivity contribution in [1.82, 2.24) is 15.1 Å². The van der Waals surface area contributed by atoms with Crippen LogP contribution in [0.4, 0.5) is 0 Å². The fourth-order valence-corrected chi connectivity index (χ4v) is 2.22. The van der Waals surface area contributed by atoms with Crippen LogP contribution in [-0.4, -0.2) is 61.5 Å². The van der Waals surface area contributed by atoms with E-state index in [0.717, 1.165) is 6.54 Å². The second-order valence-electron chi connectivity index (χ2n) is 4.25. The third-order valence-corrected chi connectivity index (χ3v) is 3.34. The van der Waals surface area contributed by atoms with Crippen LogP contribution in [0.5, 0.6) is 0 Å². The first kappa shape index (κ1) is 11.5. The third kappa shape index (κ3) is 1.91. The van der Waals surface area contributed by atoms with E-state index in [0.29, 0.717) is 6.04 Å². The van der Waals surface area contributed by atoms with E-state index in [9.17, 15) is 4.79 Å². The zero-order valence-corrected chi connectivity index (χ0v) is 9.74. The van der Waals surface area contributed by atoms with Crippen molar-refractivity contribution in [2.45, 2.75) is 32.0 Å². The highest BCUT2D eigenvalue weighted by Gasteiger charge is 2.37. The lowest BCUT2D eigenvalue weighted by Crippen LogP contribution is -2.63. The minimum atomic E-state index is -0.0267. The second kappa shape index (κ2) is 4.28. The number of rotatable bonds is 1. The lowest BCUT2D eigenvalue weighted by molar-refractivity contribution is -0.130. The zero-order chi connectivity index (χ0) is 10.9. The van der Waals surface area contributed by atoms with Gasteiger partial charge in [-0.15, -0.1) is 0 Å². The molecule has 1 aliphatic rings. The van der Waals surface area contributed by atoms with Gasteiger partial charge in [0.2, 0.25) is 5.91 Å². The van der Waals surface area contributed by atoms with E-state index in [2.05, 4.69) is 36.0 Å². The number of likely N-dealkylation sites (N-methyl/N-ethyl adjacent to an activating group) is 3. The fraction of sp³-hybridized carbons (Fsp3) is 0.900. The van der Waals surface area contributed by atoms with Crippen molar-refractivity contribution >= 4 is 5.91 Å². The Morgan fingerprint density at radius 1 is 1.36 bits per heavy atom. The molecule has 1 fully saturated rings. The van der Waals surface area contributed by atoms with Crippen molar-refractivity contribution in [1.29, 1.82) is 0 Å². The SMILES string of the molecule is CC1C[15N]([13CH3])C(C(=O)[15NH][13CH3])C(C)[15N]1[13CH3]. The summed E-state index contributed by atoms with van der Waals surface area (Å²) in [6.07, 6.45) is 0. The number of carbonyl (C=O) groups excluding carboxylic acids is 1. The van der Waals surface area contributed by atoms with Crippen LogP contribution >= 0.6 is 0 Å². The Hall–Kier alpha value is -0.610. The number of hydrogen-bond acceptors (Lipinski definition) is 3. The molecular weight excluding hydrogens is 184 g/mol. The van der Waals surface area contributed by atoms with E-state index in [1.165, 1.54) is 0 Å². The van der Waals surface area contributed by atoms with Crippen molar-refractivity contribution < 1.29 is 4.79 Å². The van der Waals surface area contributed by atoms with Crippen LogP contribution in [-0.2, 0) is 4.79 Å². The number of nitrogens with one attached hydrogen (secondary N) is 1. The van der Waals surface area contributed by atoms with E-state index >= 15 is 0 Å². The molecule has 1 saturated heterocycles. The molecule has 0 spiro atoms. The Balaban J connectivity index is 2.78. The van der Waals surface area contributed by atoms with Crippen LogP contribution in [0.3, 0.4) is 0 Å². The maximum absolute atomic E-state index is 11.7. The van der Waals surface area contributed by atoms with Crippen LogP contribution in [0, 0.1) is 0 Å². The molecule has 1 amide bonds. The van der Waals surface area contributed by atoms with Crippen molar-refractivity contribution in [2.24, 2.45) is 0 Å². The Morgan fingerprint density at radius 2 is 1.93 bits per heavy atom. The summed E-state index contributed by atoms with van der Waals surface area (Å²) in [6.45, 7) is 5.23. The normalized spacial score (nSPS) is 35.6. The molecule has 0 aliphatic carbocycles. The molecule has 0 aromatic rings. The first-order chi connectivity index (χ1) is 6.49. The Bertz CT molecular complexity index is 219. The molecule has 0 bridgehead atoms. The smallest absolute Gasteiger partial charge is 0.238 e. The van der Waals surface area contributed by atoms with Crippen LogP contribution < -0.4 is 5.32 Å². The standard InChI is InChI=1S/C10H21N3O/c1-7-6-12(4)9(10(14)11-3)8(2)13(7)5/h7-9H,6H2,1-5H3,(H,11,14)/i3+1,4+1,5+1,11+1,12+1,13+1. The van der Waals surface area contributed by atoms with Gasteiger partial charge in [-0.2, -0.15) is 0 Å². The molecule has 0 radical (unpaired) electrons. The van der Waals surface area contributed by atoms with Gasteiger partial charge in [-0.05, 0) is 27.9 Å². The van der Waals surface area contributed by atoms with Gasteiger partial charge in [0.05, 0.1) is 0 Å². The van der Waals surface area contributed by atoms with Crippen LogP contribution in [0.25, 0.3) is 0 Å². The second-order valence-corrected chi connectivity index (χ2v) is 4.25. The highest BCUT2D eigenvalue weighted by atomic mass is 16.2. The molecule has 1 heterocycles. The summed E-state index contributed by atoms with van der Waals surface area (Å²) in [5, 5.41) is 2.72. The van der Waals surface area contributed by atoms with Gasteiger partial charge in [0, 0.05) is 25.7 Å². The molecular formula is C10H21N3O. The maximum Gasteiger partial charge on any atom is 0.238 e. The fourth-order valence-electron chi connectivity index (χ4n) is 2.22. The molecule has 1 rings (SSSR count). The minimum Gasteiger partial charge on any atom is -0.358 e. The summed E-state index contributed by atoms with van der Waals surface area (Å²) >= 11 is 0. The van der Waals surface area contributed by atoms with Gasteiger partial charge in [0.1, 0.15) is 6.04 Å². The zero-order valence-electron chi connectivity index (χ0n) is 9.74.